The van der Waals surface area contributed by atoms with E-state index in [-0.39, 0.29) is 38.5 Å². The molecule has 0 aliphatic heterocycles. The van der Waals surface area contributed by atoms with Crippen LogP contribution in [-0.4, -0.2) is 9.91 Å². The van der Waals surface area contributed by atoms with E-state index in [1.807, 2.05) is 6.92 Å². The van der Waals surface area contributed by atoms with Crippen LogP contribution in [0.15, 0.2) is 0 Å². The first-order valence-corrected chi connectivity index (χ1v) is 3.54. The number of hydrogen-bond donors (Lipinski definition) is 0. The third-order valence-electron chi connectivity index (χ3n) is 1.85. The zero-order chi connectivity index (χ0) is 9.30. The standard InChI is InChI=1S/C8H9N2O2.Y/c1-5-4-8(10(11)12)9-7(3)6(5)2;/h1-3H3;/q-1;. The van der Waals surface area contributed by atoms with Gasteiger partial charge < -0.3 is 10.1 Å². The second-order valence-corrected chi connectivity index (χ2v) is 2.65. The summed E-state index contributed by atoms with van der Waals surface area (Å²) in [5, 5.41) is 10.3. The molecule has 0 saturated heterocycles. The van der Waals surface area contributed by atoms with Crippen molar-refractivity contribution in [1.29, 1.82) is 0 Å². The molecule has 0 fully saturated rings. The molecule has 67 valence electrons. The zero-order valence-corrected chi connectivity index (χ0v) is 10.6. The Morgan fingerprint density at radius 3 is 2.31 bits per heavy atom. The van der Waals surface area contributed by atoms with Crippen LogP contribution in [0.3, 0.4) is 0 Å². The molecular formula is C8H9N2O2Y-. The van der Waals surface area contributed by atoms with Gasteiger partial charge in [0.05, 0.1) is 5.69 Å². The summed E-state index contributed by atoms with van der Waals surface area (Å²) in [6.07, 6.45) is 0. The molecule has 0 atom stereocenters. The van der Waals surface area contributed by atoms with Crippen LogP contribution < -0.4 is 0 Å². The van der Waals surface area contributed by atoms with Crippen molar-refractivity contribution in [3.63, 3.8) is 0 Å². The average molecular weight is 254 g/mol. The van der Waals surface area contributed by atoms with Gasteiger partial charge in [-0.1, -0.05) is 11.9 Å². The minimum absolute atomic E-state index is 0. The van der Waals surface area contributed by atoms with Crippen molar-refractivity contribution in [2.75, 3.05) is 0 Å². The molecule has 1 aromatic rings. The Hall–Kier alpha value is -0.346. The summed E-state index contributed by atoms with van der Waals surface area (Å²) in [7, 11) is 0. The molecule has 0 saturated carbocycles. The molecule has 4 nitrogen and oxygen atoms in total. The normalized spacial score (nSPS) is 9.15. The first kappa shape index (κ1) is 12.7. The Kier molecular flexibility index (Phi) is 4.64. The Balaban J connectivity index is 0.00000144. The summed E-state index contributed by atoms with van der Waals surface area (Å²) in [5.74, 6) is -0.199. The Labute approximate surface area is 102 Å². The summed E-state index contributed by atoms with van der Waals surface area (Å²) in [6, 6.07) is 2.61. The van der Waals surface area contributed by atoms with Gasteiger partial charge in [-0.3, -0.25) is 0 Å². The van der Waals surface area contributed by atoms with Crippen LogP contribution in [-0.2, 0) is 32.7 Å². The largest absolute Gasteiger partial charge is 0.359 e. The fourth-order valence-corrected chi connectivity index (χ4v) is 0.890. The summed E-state index contributed by atoms with van der Waals surface area (Å²) in [4.78, 5) is 13.6. The molecule has 0 N–H and O–H groups in total. The molecular weight excluding hydrogens is 245 g/mol. The van der Waals surface area contributed by atoms with Crippen LogP contribution >= 0.6 is 0 Å². The molecule has 1 rings (SSSR count). The molecule has 0 aliphatic carbocycles. The zero-order valence-electron chi connectivity index (χ0n) is 7.79. The quantitative estimate of drug-likeness (QED) is 0.435. The van der Waals surface area contributed by atoms with Crippen molar-refractivity contribution in [2.45, 2.75) is 20.8 Å². The average Bonchev–Trinajstić information content (AvgIpc) is 1.99. The van der Waals surface area contributed by atoms with Crippen molar-refractivity contribution >= 4 is 5.82 Å². The van der Waals surface area contributed by atoms with E-state index in [9.17, 15) is 10.1 Å². The van der Waals surface area contributed by atoms with Gasteiger partial charge in [-0.15, -0.1) is 18.6 Å². The number of nitro groups is 1. The molecule has 1 heterocycles. The van der Waals surface area contributed by atoms with Crippen molar-refractivity contribution in [3.05, 3.63) is 33.0 Å². The topological polar surface area (TPSA) is 56.0 Å². The van der Waals surface area contributed by atoms with Crippen molar-refractivity contribution < 1.29 is 37.6 Å². The minimum atomic E-state index is -0.528. The summed E-state index contributed by atoms with van der Waals surface area (Å²) < 4.78 is 0. The van der Waals surface area contributed by atoms with Crippen molar-refractivity contribution in [1.82, 2.24) is 4.98 Å². The van der Waals surface area contributed by atoms with Gasteiger partial charge in [0.2, 0.25) is 0 Å². The smallest absolute Gasteiger partial charge is 0.273 e. The second-order valence-electron chi connectivity index (χ2n) is 2.65. The number of rotatable bonds is 1. The number of nitrogens with zero attached hydrogens (tertiary/aromatic N) is 2. The van der Waals surface area contributed by atoms with Crippen LogP contribution in [0.25, 0.3) is 0 Å². The van der Waals surface area contributed by atoms with Gasteiger partial charge in [0.1, 0.15) is 0 Å². The fraction of sp³-hybridized carbons (Fsp3) is 0.375. The van der Waals surface area contributed by atoms with Gasteiger partial charge in [0.25, 0.3) is 5.82 Å². The van der Waals surface area contributed by atoms with Crippen LogP contribution in [0.1, 0.15) is 16.8 Å². The van der Waals surface area contributed by atoms with E-state index in [1.165, 1.54) is 0 Å². The SMILES string of the molecule is Cc1[c-]c([N+](=O)[O-])nc(C)c1C.[Y]. The van der Waals surface area contributed by atoms with E-state index in [4.69, 9.17) is 0 Å². The minimum Gasteiger partial charge on any atom is -0.359 e. The molecule has 0 unspecified atom stereocenters. The van der Waals surface area contributed by atoms with Gasteiger partial charge in [0, 0.05) is 32.7 Å². The van der Waals surface area contributed by atoms with Gasteiger partial charge in [-0.25, -0.2) is 5.56 Å². The Morgan fingerprint density at radius 2 is 1.92 bits per heavy atom. The molecule has 1 aromatic heterocycles. The molecule has 0 aliphatic rings. The van der Waals surface area contributed by atoms with Gasteiger partial charge >= 0.3 is 0 Å². The third-order valence-corrected chi connectivity index (χ3v) is 1.85. The maximum absolute atomic E-state index is 10.3. The monoisotopic (exact) mass is 254 g/mol. The van der Waals surface area contributed by atoms with Crippen molar-refractivity contribution in [2.24, 2.45) is 0 Å². The molecule has 13 heavy (non-hydrogen) atoms. The van der Waals surface area contributed by atoms with E-state index < -0.39 is 4.92 Å². The van der Waals surface area contributed by atoms with E-state index in [1.54, 1.807) is 13.8 Å². The maximum atomic E-state index is 10.3. The maximum Gasteiger partial charge on any atom is 0.273 e. The van der Waals surface area contributed by atoms with Gasteiger partial charge in [-0.2, -0.15) is 0 Å². The van der Waals surface area contributed by atoms with E-state index >= 15 is 0 Å². The van der Waals surface area contributed by atoms with Crippen LogP contribution in [0.5, 0.6) is 0 Å². The predicted octanol–water partition coefficient (Wildman–Crippen LogP) is 1.71. The van der Waals surface area contributed by atoms with Gasteiger partial charge in [0.15, 0.2) is 0 Å². The number of pyridine rings is 1. The number of aromatic nitrogens is 1. The molecule has 5 heteroatoms. The summed E-state index contributed by atoms with van der Waals surface area (Å²) in [6.45, 7) is 5.41. The van der Waals surface area contributed by atoms with E-state index in [0.29, 0.717) is 5.69 Å². The number of aryl methyl sites for hydroxylation is 2. The number of hydrogen-bond acceptors (Lipinski definition) is 3. The Morgan fingerprint density at radius 1 is 1.38 bits per heavy atom. The predicted molar refractivity (Wildman–Crippen MR) is 43.9 cm³/mol. The Bertz CT molecular complexity index is 316. The van der Waals surface area contributed by atoms with E-state index in [2.05, 4.69) is 11.1 Å². The van der Waals surface area contributed by atoms with Crippen LogP contribution in [0.4, 0.5) is 5.82 Å². The van der Waals surface area contributed by atoms with E-state index in [0.717, 1.165) is 11.1 Å². The van der Waals surface area contributed by atoms with Crippen molar-refractivity contribution in [3.8, 4) is 0 Å². The molecule has 1 radical (unpaired) electrons. The first-order valence-electron chi connectivity index (χ1n) is 3.54. The molecule has 0 amide bonds. The fourth-order valence-electron chi connectivity index (χ4n) is 0.890. The first-order chi connectivity index (χ1) is 5.52. The van der Waals surface area contributed by atoms with Crippen LogP contribution in [0, 0.1) is 37.0 Å². The molecule has 0 bridgehead atoms. The summed E-state index contributed by atoms with van der Waals surface area (Å²) >= 11 is 0. The van der Waals surface area contributed by atoms with Gasteiger partial charge in [-0.05, 0) is 11.8 Å². The summed E-state index contributed by atoms with van der Waals surface area (Å²) in [5.41, 5.74) is 2.44. The molecule has 0 spiro atoms. The van der Waals surface area contributed by atoms with Crippen LogP contribution in [0.2, 0.25) is 0 Å². The third kappa shape index (κ3) is 2.81. The molecule has 0 aromatic carbocycles. The second kappa shape index (κ2) is 4.77.